The predicted octanol–water partition coefficient (Wildman–Crippen LogP) is 3.04. The van der Waals surface area contributed by atoms with Crippen molar-refractivity contribution in [2.45, 2.75) is 13.0 Å². The number of benzene rings is 1. The van der Waals surface area contributed by atoms with Crippen molar-refractivity contribution in [3.8, 4) is 0 Å². The Morgan fingerprint density at radius 2 is 2.10 bits per heavy atom. The summed E-state index contributed by atoms with van der Waals surface area (Å²) in [5, 5.41) is 10.9. The number of nitrogens with one attached hydrogen (secondary N) is 1. The number of nitrogens with zero attached hydrogens (tertiary/aromatic N) is 3. The molecule has 0 saturated carbocycles. The van der Waals surface area contributed by atoms with Crippen molar-refractivity contribution in [2.24, 2.45) is 0 Å². The van der Waals surface area contributed by atoms with Gasteiger partial charge in [-0.25, -0.2) is 4.98 Å². The van der Waals surface area contributed by atoms with Gasteiger partial charge in [0.25, 0.3) is 0 Å². The van der Waals surface area contributed by atoms with Crippen LogP contribution in [0.3, 0.4) is 0 Å². The maximum Gasteiger partial charge on any atom is 0.0942 e. The van der Waals surface area contributed by atoms with Crippen LogP contribution < -0.4 is 5.32 Å². The van der Waals surface area contributed by atoms with E-state index in [1.807, 2.05) is 46.9 Å². The lowest BCUT2D eigenvalue weighted by Gasteiger charge is -2.02. The van der Waals surface area contributed by atoms with E-state index in [2.05, 4.69) is 27.5 Å². The van der Waals surface area contributed by atoms with E-state index < -0.39 is 0 Å². The lowest BCUT2D eigenvalue weighted by Crippen LogP contribution is -2.04. The first-order chi connectivity index (χ1) is 9.90. The van der Waals surface area contributed by atoms with E-state index in [1.165, 1.54) is 5.56 Å². The van der Waals surface area contributed by atoms with E-state index in [-0.39, 0.29) is 0 Å². The van der Waals surface area contributed by atoms with Gasteiger partial charge in [-0.05, 0) is 5.56 Å². The van der Waals surface area contributed by atoms with Gasteiger partial charge in [0.15, 0.2) is 0 Å². The van der Waals surface area contributed by atoms with Gasteiger partial charge < -0.3 is 5.32 Å². The molecule has 4 nitrogen and oxygen atoms in total. The average molecular weight is 284 g/mol. The Kier molecular flexibility index (Phi) is 4.08. The molecule has 0 amide bonds. The fraction of sp³-hybridized carbons (Fsp3) is 0.200. The van der Waals surface area contributed by atoms with Gasteiger partial charge in [-0.1, -0.05) is 30.3 Å². The minimum absolute atomic E-state index is 0.801. The highest BCUT2D eigenvalue weighted by Crippen LogP contribution is 2.09. The molecule has 102 valence electrons. The first-order valence-electron chi connectivity index (χ1n) is 6.59. The van der Waals surface area contributed by atoms with Gasteiger partial charge in [-0.3, -0.25) is 4.68 Å². The van der Waals surface area contributed by atoms with Crippen LogP contribution in [0.2, 0.25) is 0 Å². The second-order valence-corrected chi connectivity index (χ2v) is 5.49. The van der Waals surface area contributed by atoms with E-state index >= 15 is 0 Å². The summed E-state index contributed by atoms with van der Waals surface area (Å²) in [6, 6.07) is 10.3. The molecule has 0 fully saturated rings. The van der Waals surface area contributed by atoms with Crippen LogP contribution in [0.5, 0.6) is 0 Å². The van der Waals surface area contributed by atoms with Gasteiger partial charge >= 0.3 is 0 Å². The highest BCUT2D eigenvalue weighted by molar-refractivity contribution is 7.09. The summed E-state index contributed by atoms with van der Waals surface area (Å²) in [6.07, 6.45) is 6.69. The van der Waals surface area contributed by atoms with Crippen LogP contribution in [0.15, 0.2) is 54.3 Å². The lowest BCUT2D eigenvalue weighted by atomic mass is 10.2. The fourth-order valence-corrected chi connectivity index (χ4v) is 2.62. The van der Waals surface area contributed by atoms with Crippen molar-refractivity contribution in [3.63, 3.8) is 0 Å². The van der Waals surface area contributed by atoms with Gasteiger partial charge in [-0.15, -0.1) is 11.3 Å². The summed E-state index contributed by atoms with van der Waals surface area (Å²) in [7, 11) is 0. The Hall–Kier alpha value is -2.14. The molecule has 0 aliphatic rings. The Balaban J connectivity index is 1.52. The Bertz CT molecular complexity index is 631. The summed E-state index contributed by atoms with van der Waals surface area (Å²) in [5.41, 5.74) is 2.31. The number of anilines is 1. The Morgan fingerprint density at radius 1 is 1.20 bits per heavy atom. The van der Waals surface area contributed by atoms with Crippen LogP contribution in [0.4, 0.5) is 5.69 Å². The summed E-state index contributed by atoms with van der Waals surface area (Å²) in [5.74, 6) is 0. The molecule has 0 spiro atoms. The molecule has 0 unspecified atom stereocenters. The van der Waals surface area contributed by atoms with E-state index in [1.54, 1.807) is 11.3 Å². The van der Waals surface area contributed by atoms with Crippen molar-refractivity contribution in [2.75, 3.05) is 11.9 Å². The van der Waals surface area contributed by atoms with Crippen LogP contribution in [0, 0.1) is 0 Å². The zero-order chi connectivity index (χ0) is 13.6. The molecule has 0 saturated heterocycles. The summed E-state index contributed by atoms with van der Waals surface area (Å²) in [4.78, 5) is 4.27. The van der Waals surface area contributed by atoms with Gasteiger partial charge in [0.2, 0.25) is 0 Å². The fourth-order valence-electron chi connectivity index (χ4n) is 2.00. The molecule has 0 atom stereocenters. The lowest BCUT2D eigenvalue weighted by molar-refractivity contribution is 0.687. The van der Waals surface area contributed by atoms with Crippen molar-refractivity contribution >= 4 is 17.0 Å². The third-order valence-corrected chi connectivity index (χ3v) is 3.81. The molecule has 0 aliphatic carbocycles. The van der Waals surface area contributed by atoms with Gasteiger partial charge in [0, 0.05) is 30.7 Å². The van der Waals surface area contributed by atoms with Gasteiger partial charge in [0.05, 0.1) is 23.4 Å². The highest BCUT2D eigenvalue weighted by atomic mass is 32.1. The normalized spacial score (nSPS) is 10.6. The second-order valence-electron chi connectivity index (χ2n) is 4.51. The SMILES string of the molecule is c1ccc(Cn2cc(NCCc3nccs3)cn2)cc1. The van der Waals surface area contributed by atoms with Crippen molar-refractivity contribution < 1.29 is 0 Å². The average Bonchev–Trinajstić information content (AvgIpc) is 3.12. The summed E-state index contributed by atoms with van der Waals surface area (Å²) < 4.78 is 1.95. The van der Waals surface area contributed by atoms with Crippen molar-refractivity contribution in [1.82, 2.24) is 14.8 Å². The maximum atomic E-state index is 4.37. The number of thiazole rings is 1. The van der Waals surface area contributed by atoms with Crippen LogP contribution in [0.1, 0.15) is 10.6 Å². The van der Waals surface area contributed by atoms with E-state index in [4.69, 9.17) is 0 Å². The third kappa shape index (κ3) is 3.45. The minimum atomic E-state index is 0.801. The summed E-state index contributed by atoms with van der Waals surface area (Å²) >= 11 is 1.69. The zero-order valence-electron chi connectivity index (χ0n) is 11.1. The number of hydrogen-bond donors (Lipinski definition) is 1. The Labute approximate surface area is 122 Å². The van der Waals surface area contributed by atoms with Crippen LogP contribution in [-0.4, -0.2) is 21.3 Å². The molecule has 0 aliphatic heterocycles. The zero-order valence-corrected chi connectivity index (χ0v) is 11.9. The number of rotatable bonds is 6. The quantitative estimate of drug-likeness (QED) is 0.756. The highest BCUT2D eigenvalue weighted by Gasteiger charge is 2.00. The van der Waals surface area contributed by atoms with Crippen LogP contribution in [0.25, 0.3) is 0 Å². The molecule has 2 heterocycles. The van der Waals surface area contributed by atoms with E-state index in [9.17, 15) is 0 Å². The van der Waals surface area contributed by atoms with Crippen molar-refractivity contribution in [3.05, 3.63) is 64.9 Å². The smallest absolute Gasteiger partial charge is 0.0942 e. The van der Waals surface area contributed by atoms with Gasteiger partial charge in [-0.2, -0.15) is 5.10 Å². The molecular weight excluding hydrogens is 268 g/mol. The Morgan fingerprint density at radius 3 is 2.90 bits per heavy atom. The standard InChI is InChI=1S/C15H16N4S/c1-2-4-13(5-3-1)11-19-12-14(10-18-19)16-7-6-15-17-8-9-20-15/h1-5,8-10,12,16H,6-7,11H2. The third-order valence-electron chi connectivity index (χ3n) is 2.97. The monoisotopic (exact) mass is 284 g/mol. The molecule has 20 heavy (non-hydrogen) atoms. The van der Waals surface area contributed by atoms with Crippen molar-refractivity contribution in [1.29, 1.82) is 0 Å². The maximum absolute atomic E-state index is 4.37. The first-order valence-corrected chi connectivity index (χ1v) is 7.47. The molecule has 0 bridgehead atoms. The summed E-state index contributed by atoms with van der Waals surface area (Å²) in [6.45, 7) is 1.68. The van der Waals surface area contributed by atoms with Gasteiger partial charge in [0.1, 0.15) is 0 Å². The molecule has 1 aromatic carbocycles. The second kappa shape index (κ2) is 6.34. The molecule has 5 heteroatoms. The predicted molar refractivity (Wildman–Crippen MR) is 82.1 cm³/mol. The topological polar surface area (TPSA) is 42.7 Å². The van der Waals surface area contributed by atoms with Crippen LogP contribution in [-0.2, 0) is 13.0 Å². The largest absolute Gasteiger partial charge is 0.382 e. The van der Waals surface area contributed by atoms with E-state index in [0.717, 1.165) is 30.2 Å². The first kappa shape index (κ1) is 12.9. The molecule has 0 radical (unpaired) electrons. The van der Waals surface area contributed by atoms with Crippen LogP contribution >= 0.6 is 11.3 Å². The molecule has 1 N–H and O–H groups in total. The molecule has 3 aromatic rings. The molecular formula is C15H16N4S. The number of hydrogen-bond acceptors (Lipinski definition) is 4. The molecule has 2 aromatic heterocycles. The minimum Gasteiger partial charge on any atom is -0.382 e. The number of aromatic nitrogens is 3. The van der Waals surface area contributed by atoms with E-state index in [0.29, 0.717) is 0 Å². The molecule has 3 rings (SSSR count).